The molecule has 2 N–H and O–H groups in total. The zero-order valence-electron chi connectivity index (χ0n) is 22.7. The number of benzene rings is 2. The third-order valence-corrected chi connectivity index (χ3v) is 10.5. The molecule has 9 rings (SSSR count). The van der Waals surface area contributed by atoms with E-state index in [1.165, 1.54) is 0 Å². The van der Waals surface area contributed by atoms with Gasteiger partial charge in [0.05, 0.1) is 21.3 Å². The number of anilines is 2. The minimum absolute atomic E-state index is 0.0628. The molecule has 14 heteroatoms. The number of nitrogen functional groups attached to an aromatic ring is 1. The van der Waals surface area contributed by atoms with Crippen LogP contribution in [0.3, 0.4) is 0 Å². The van der Waals surface area contributed by atoms with Gasteiger partial charge in [0.2, 0.25) is 0 Å². The summed E-state index contributed by atoms with van der Waals surface area (Å²) in [4.78, 5) is 16.9. The van der Waals surface area contributed by atoms with Gasteiger partial charge in [-0.15, -0.1) is 0 Å². The summed E-state index contributed by atoms with van der Waals surface area (Å²) in [5.74, 6) is -1.40. The Balaban J connectivity index is 1.32. The van der Waals surface area contributed by atoms with Gasteiger partial charge in [-0.05, 0) is 56.3 Å². The molecule has 2 bridgehead atoms. The maximum atomic E-state index is 16.7. The largest absolute Gasteiger partial charge is 0.461 e. The summed E-state index contributed by atoms with van der Waals surface area (Å²) in [6.07, 6.45) is -2.28. The standard InChI is InChI=1S/C29H26F6N6OS/c30-14-9-28(4-1-5-40(28)11-14)12-42-27-38-22-17(25(39-27)41-10-13-6-15(41)7-13)8-18(29(33,34)35)20(21(22)32)16-2-3-19(31)24-23(16)37-26(36)43-24/h2-3,8,13-15H,1,4-7,9-12H2,(H2,36,37)/t13?,14-,15?,28+/m1/s1. The second-order valence-electron chi connectivity index (χ2n) is 12.2. The highest BCUT2D eigenvalue weighted by Crippen LogP contribution is 2.49. The van der Waals surface area contributed by atoms with Gasteiger partial charge in [0, 0.05) is 42.1 Å². The van der Waals surface area contributed by atoms with Crippen LogP contribution in [0.1, 0.15) is 37.7 Å². The van der Waals surface area contributed by atoms with Crippen LogP contribution in [0.4, 0.5) is 37.3 Å². The van der Waals surface area contributed by atoms with Crippen molar-refractivity contribution in [2.24, 2.45) is 5.92 Å². The van der Waals surface area contributed by atoms with Crippen molar-refractivity contribution in [2.75, 3.05) is 36.9 Å². The molecule has 0 radical (unpaired) electrons. The Bertz CT molecular complexity index is 1790. The molecule has 0 amide bonds. The molecule has 1 aliphatic carbocycles. The average molecular weight is 621 g/mol. The smallest absolute Gasteiger partial charge is 0.417 e. The zero-order valence-corrected chi connectivity index (χ0v) is 23.5. The lowest BCUT2D eigenvalue weighted by Gasteiger charge is -2.31. The second-order valence-corrected chi connectivity index (χ2v) is 13.2. The lowest BCUT2D eigenvalue weighted by Crippen LogP contribution is -2.43. The monoisotopic (exact) mass is 620 g/mol. The molecule has 2 aromatic carbocycles. The van der Waals surface area contributed by atoms with E-state index in [0.29, 0.717) is 25.4 Å². The van der Waals surface area contributed by atoms with Crippen LogP contribution in [-0.4, -0.2) is 63.8 Å². The van der Waals surface area contributed by atoms with E-state index in [-0.39, 0.29) is 56.3 Å². The fraction of sp³-hybridized carbons (Fsp3) is 0.483. The lowest BCUT2D eigenvalue weighted by molar-refractivity contribution is -0.137. The third kappa shape index (κ3) is 4.15. The number of ether oxygens (including phenoxy) is 1. The van der Waals surface area contributed by atoms with Crippen molar-refractivity contribution >= 4 is 43.4 Å². The van der Waals surface area contributed by atoms with Crippen molar-refractivity contribution in [2.45, 2.75) is 56.0 Å². The van der Waals surface area contributed by atoms with E-state index in [1.807, 2.05) is 4.90 Å². The fourth-order valence-corrected chi connectivity index (χ4v) is 8.36. The number of nitrogens with zero attached hydrogens (tertiary/aromatic N) is 5. The number of thiazole rings is 1. The molecule has 2 aromatic heterocycles. The average Bonchev–Trinajstić information content (AvgIpc) is 3.73. The highest BCUT2D eigenvalue weighted by atomic mass is 32.1. The molecule has 7 nitrogen and oxygen atoms in total. The Hall–Kier alpha value is -3.39. The van der Waals surface area contributed by atoms with Crippen LogP contribution in [0.5, 0.6) is 6.01 Å². The number of nitrogens with two attached hydrogens (primary N) is 1. The van der Waals surface area contributed by atoms with Crippen LogP contribution < -0.4 is 15.4 Å². The molecule has 4 saturated heterocycles. The number of rotatable bonds is 5. The molecule has 226 valence electrons. The van der Waals surface area contributed by atoms with Gasteiger partial charge in [0.25, 0.3) is 0 Å². The SMILES string of the molecule is Nc1nc2c(-c3c(C(F)(F)F)cc4c(N5CC6CC5C6)nc(OC[C@@]56CCCN5C[C@H](F)C6)nc4c3F)ccc(F)c2s1. The first kappa shape index (κ1) is 27.2. The van der Waals surface area contributed by atoms with Crippen LogP contribution in [0.15, 0.2) is 18.2 Å². The van der Waals surface area contributed by atoms with E-state index in [2.05, 4.69) is 19.9 Å². The Kier molecular flexibility index (Phi) is 5.88. The zero-order chi connectivity index (χ0) is 29.8. The minimum Gasteiger partial charge on any atom is -0.461 e. The number of hydrogen-bond acceptors (Lipinski definition) is 8. The van der Waals surface area contributed by atoms with Crippen molar-refractivity contribution in [3.63, 3.8) is 0 Å². The highest BCUT2D eigenvalue weighted by molar-refractivity contribution is 7.22. The first-order valence-corrected chi connectivity index (χ1v) is 15.1. The van der Waals surface area contributed by atoms with E-state index in [4.69, 9.17) is 10.5 Å². The van der Waals surface area contributed by atoms with E-state index in [1.54, 1.807) is 0 Å². The van der Waals surface area contributed by atoms with Gasteiger partial charge in [-0.25, -0.2) is 18.2 Å². The minimum atomic E-state index is -4.97. The topological polar surface area (TPSA) is 80.4 Å². The predicted octanol–water partition coefficient (Wildman–Crippen LogP) is 6.34. The molecular weight excluding hydrogens is 594 g/mol. The summed E-state index contributed by atoms with van der Waals surface area (Å²) >= 11 is 0.768. The second kappa shape index (κ2) is 9.31. The van der Waals surface area contributed by atoms with Crippen LogP contribution in [0.2, 0.25) is 0 Å². The van der Waals surface area contributed by atoms with Crippen LogP contribution in [-0.2, 0) is 6.18 Å². The Morgan fingerprint density at radius 3 is 2.65 bits per heavy atom. The molecule has 5 fully saturated rings. The van der Waals surface area contributed by atoms with Gasteiger partial charge in [-0.3, -0.25) is 4.90 Å². The molecular formula is C29H26F6N6OS. The van der Waals surface area contributed by atoms with Gasteiger partial charge in [-0.2, -0.15) is 23.1 Å². The molecule has 5 aliphatic rings. The molecule has 2 atom stereocenters. The maximum Gasteiger partial charge on any atom is 0.417 e. The number of alkyl halides is 4. The van der Waals surface area contributed by atoms with Gasteiger partial charge >= 0.3 is 12.2 Å². The van der Waals surface area contributed by atoms with Crippen molar-refractivity contribution in [1.29, 1.82) is 0 Å². The fourth-order valence-electron chi connectivity index (χ4n) is 7.59. The summed E-state index contributed by atoms with van der Waals surface area (Å²) in [5, 5.41) is -0.151. The first-order chi connectivity index (χ1) is 20.5. The molecule has 6 heterocycles. The van der Waals surface area contributed by atoms with E-state index in [0.717, 1.165) is 61.8 Å². The van der Waals surface area contributed by atoms with Crippen molar-refractivity contribution in [3.8, 4) is 17.1 Å². The number of halogens is 6. The van der Waals surface area contributed by atoms with Gasteiger partial charge in [0.15, 0.2) is 10.9 Å². The van der Waals surface area contributed by atoms with Gasteiger partial charge in [0.1, 0.15) is 29.9 Å². The summed E-state index contributed by atoms with van der Waals surface area (Å²) in [7, 11) is 0. The Morgan fingerprint density at radius 1 is 1.09 bits per heavy atom. The van der Waals surface area contributed by atoms with E-state index in [9.17, 15) is 22.0 Å². The quantitative estimate of drug-likeness (QED) is 0.261. The Labute approximate surface area is 245 Å². The van der Waals surface area contributed by atoms with Crippen molar-refractivity contribution in [3.05, 3.63) is 35.4 Å². The number of fused-ring (bicyclic) bond motifs is 4. The highest BCUT2D eigenvalue weighted by Gasteiger charge is 2.50. The van der Waals surface area contributed by atoms with Crippen molar-refractivity contribution in [1.82, 2.24) is 19.9 Å². The molecule has 43 heavy (non-hydrogen) atoms. The van der Waals surface area contributed by atoms with Crippen LogP contribution in [0.25, 0.3) is 32.2 Å². The summed E-state index contributed by atoms with van der Waals surface area (Å²) in [5.41, 5.74) is 2.44. The predicted molar refractivity (Wildman–Crippen MR) is 150 cm³/mol. The van der Waals surface area contributed by atoms with Gasteiger partial charge in [-0.1, -0.05) is 11.3 Å². The van der Waals surface area contributed by atoms with E-state index < -0.39 is 40.6 Å². The summed E-state index contributed by atoms with van der Waals surface area (Å²) < 4.78 is 95.5. The van der Waals surface area contributed by atoms with Crippen LogP contribution in [0, 0.1) is 17.6 Å². The van der Waals surface area contributed by atoms with E-state index >= 15 is 4.39 Å². The molecule has 0 unspecified atom stereocenters. The van der Waals surface area contributed by atoms with Crippen LogP contribution >= 0.6 is 11.3 Å². The first-order valence-electron chi connectivity index (χ1n) is 14.3. The normalized spacial score (nSPS) is 26.9. The molecule has 4 aromatic rings. The van der Waals surface area contributed by atoms with Crippen molar-refractivity contribution < 1.29 is 31.1 Å². The number of hydrogen-bond donors (Lipinski definition) is 1. The maximum absolute atomic E-state index is 16.7. The molecule has 0 spiro atoms. The lowest BCUT2D eigenvalue weighted by atomic mass is 9.86. The third-order valence-electron chi connectivity index (χ3n) is 9.59. The Morgan fingerprint density at radius 2 is 1.91 bits per heavy atom. The number of aromatic nitrogens is 3. The summed E-state index contributed by atoms with van der Waals surface area (Å²) in [6, 6.07) is 2.82. The molecule has 4 aliphatic heterocycles. The molecule has 1 saturated carbocycles. The van der Waals surface area contributed by atoms with Gasteiger partial charge < -0.3 is 15.4 Å². The summed E-state index contributed by atoms with van der Waals surface area (Å²) in [6.45, 7) is 1.72.